The van der Waals surface area contributed by atoms with Gasteiger partial charge in [0.05, 0.1) is 15.8 Å². The molecule has 0 aliphatic rings. The van der Waals surface area contributed by atoms with Crippen molar-refractivity contribution in [1.29, 1.82) is 0 Å². The molecule has 0 aliphatic heterocycles. The van der Waals surface area contributed by atoms with Gasteiger partial charge in [0.25, 0.3) is 5.69 Å². The van der Waals surface area contributed by atoms with Crippen molar-refractivity contribution in [2.24, 2.45) is 0 Å². The largest absolute Gasteiger partial charge is 0.277 e. The maximum absolute atomic E-state index is 10.8. The molecule has 0 spiro atoms. The van der Waals surface area contributed by atoms with Gasteiger partial charge in [-0.05, 0) is 18.2 Å². The molecule has 0 fully saturated rings. The molecule has 7 nitrogen and oxygen atoms in total. The fraction of sp³-hybridized carbons (Fsp3) is 0. The summed E-state index contributed by atoms with van der Waals surface area (Å²) in [6.45, 7) is 0. The molecule has 0 saturated carbocycles. The van der Waals surface area contributed by atoms with Crippen LogP contribution >= 0.6 is 0 Å². The highest BCUT2D eigenvalue weighted by molar-refractivity contribution is 5.90. The Morgan fingerprint density at radius 1 is 1.21 bits per heavy atom. The van der Waals surface area contributed by atoms with Crippen LogP contribution in [0.15, 0.2) is 49.1 Å². The Morgan fingerprint density at radius 2 is 2.00 bits per heavy atom. The number of nitrogens with one attached hydrogen (secondary N) is 1. The van der Waals surface area contributed by atoms with Crippen LogP contribution in [0.5, 0.6) is 0 Å². The maximum atomic E-state index is 10.8. The van der Waals surface area contributed by atoms with Gasteiger partial charge in [-0.15, -0.1) is 0 Å². The second-order valence-corrected chi connectivity index (χ2v) is 3.88. The Labute approximate surface area is 107 Å². The summed E-state index contributed by atoms with van der Waals surface area (Å²) in [5, 5.41) is 11.4. The van der Waals surface area contributed by atoms with Gasteiger partial charge in [0.15, 0.2) is 5.82 Å². The smallest absolute Gasteiger partial charge is 0.270 e. The lowest BCUT2D eigenvalue weighted by atomic mass is 10.2. The number of fused-ring (bicyclic) bond motifs is 1. The predicted octanol–water partition coefficient (Wildman–Crippen LogP) is 2.21. The lowest BCUT2D eigenvalue weighted by molar-refractivity contribution is -0.384. The van der Waals surface area contributed by atoms with Gasteiger partial charge < -0.3 is 0 Å². The monoisotopic (exact) mass is 255 g/mol. The molecule has 1 N–H and O–H groups in total. The Hall–Kier alpha value is -2.96. The third kappa shape index (κ3) is 2.08. The van der Waals surface area contributed by atoms with E-state index in [0.717, 1.165) is 0 Å². The van der Waals surface area contributed by atoms with Crippen molar-refractivity contribution < 1.29 is 4.92 Å². The number of anilines is 1. The van der Waals surface area contributed by atoms with Gasteiger partial charge in [0.1, 0.15) is 6.33 Å². The molecule has 19 heavy (non-hydrogen) atoms. The van der Waals surface area contributed by atoms with Crippen molar-refractivity contribution in [3.63, 3.8) is 0 Å². The van der Waals surface area contributed by atoms with Crippen LogP contribution in [-0.4, -0.2) is 19.6 Å². The number of nitrogens with zero attached hydrogens (tertiary/aromatic N) is 4. The van der Waals surface area contributed by atoms with E-state index in [-0.39, 0.29) is 5.69 Å². The fourth-order valence-electron chi connectivity index (χ4n) is 1.78. The summed E-state index contributed by atoms with van der Waals surface area (Å²) in [5.41, 5.74) is 3.70. The van der Waals surface area contributed by atoms with Crippen LogP contribution in [0.25, 0.3) is 10.9 Å². The number of aromatic nitrogens is 3. The van der Waals surface area contributed by atoms with Gasteiger partial charge in [-0.25, -0.2) is 9.97 Å². The standard InChI is InChI=1S/C12H9N5O2/c18-17(19)9-3-4-11-10(7-9)12(14-8-13-11)15-16-5-1-2-6-16/h1-8H,(H,13,14,15). The molecule has 0 bridgehead atoms. The fourth-order valence-corrected chi connectivity index (χ4v) is 1.78. The minimum atomic E-state index is -0.439. The van der Waals surface area contributed by atoms with Crippen molar-refractivity contribution in [3.8, 4) is 0 Å². The van der Waals surface area contributed by atoms with Crippen LogP contribution in [0.3, 0.4) is 0 Å². The van der Waals surface area contributed by atoms with Crippen LogP contribution in [0.1, 0.15) is 0 Å². The average molecular weight is 255 g/mol. The lowest BCUT2D eigenvalue weighted by Crippen LogP contribution is -2.08. The van der Waals surface area contributed by atoms with Gasteiger partial charge in [0, 0.05) is 24.5 Å². The van der Waals surface area contributed by atoms with E-state index in [9.17, 15) is 10.1 Å². The molecule has 2 aromatic heterocycles. The molecule has 1 aromatic carbocycles. The summed E-state index contributed by atoms with van der Waals surface area (Å²) in [5.74, 6) is 0.518. The summed E-state index contributed by atoms with van der Waals surface area (Å²) in [6, 6.07) is 8.21. The van der Waals surface area contributed by atoms with Crippen LogP contribution in [0.4, 0.5) is 11.5 Å². The molecule has 94 valence electrons. The highest BCUT2D eigenvalue weighted by Gasteiger charge is 2.10. The number of non-ortho nitro benzene ring substituents is 1. The Bertz CT molecular complexity index is 739. The lowest BCUT2D eigenvalue weighted by Gasteiger charge is -2.08. The highest BCUT2D eigenvalue weighted by Crippen LogP contribution is 2.24. The van der Waals surface area contributed by atoms with Crippen LogP contribution < -0.4 is 5.43 Å². The van der Waals surface area contributed by atoms with E-state index in [4.69, 9.17) is 0 Å². The van der Waals surface area contributed by atoms with Crippen molar-refractivity contribution in [1.82, 2.24) is 14.6 Å². The molecule has 0 unspecified atom stereocenters. The molecule has 0 radical (unpaired) electrons. The molecule has 7 heteroatoms. The zero-order chi connectivity index (χ0) is 13.2. The molecular formula is C12H9N5O2. The molecule has 0 atom stereocenters. The van der Waals surface area contributed by atoms with E-state index in [1.807, 2.05) is 24.5 Å². The van der Waals surface area contributed by atoms with Crippen molar-refractivity contribution >= 4 is 22.4 Å². The zero-order valence-corrected chi connectivity index (χ0v) is 9.72. The normalized spacial score (nSPS) is 10.5. The molecule has 0 amide bonds. The summed E-state index contributed by atoms with van der Waals surface area (Å²) >= 11 is 0. The number of nitro groups is 1. The second kappa shape index (κ2) is 4.37. The summed E-state index contributed by atoms with van der Waals surface area (Å²) in [4.78, 5) is 18.6. The van der Waals surface area contributed by atoms with Crippen LogP contribution in [-0.2, 0) is 0 Å². The van der Waals surface area contributed by atoms with E-state index in [2.05, 4.69) is 15.4 Å². The Morgan fingerprint density at radius 3 is 2.74 bits per heavy atom. The molecule has 3 aromatic rings. The third-order valence-electron chi connectivity index (χ3n) is 2.67. The first-order valence-electron chi connectivity index (χ1n) is 5.53. The SMILES string of the molecule is O=[N+]([O-])c1ccc2ncnc(Nn3cccc3)c2c1. The van der Waals surface area contributed by atoms with E-state index in [0.29, 0.717) is 16.7 Å². The summed E-state index contributed by atoms with van der Waals surface area (Å²) < 4.78 is 1.71. The minimum absolute atomic E-state index is 0.0119. The first-order chi connectivity index (χ1) is 9.24. The quantitative estimate of drug-likeness (QED) is 0.572. The van der Waals surface area contributed by atoms with E-state index < -0.39 is 4.92 Å². The second-order valence-electron chi connectivity index (χ2n) is 3.88. The highest BCUT2D eigenvalue weighted by atomic mass is 16.6. The first-order valence-corrected chi connectivity index (χ1v) is 5.53. The molecule has 3 rings (SSSR count). The van der Waals surface area contributed by atoms with E-state index in [1.165, 1.54) is 18.5 Å². The third-order valence-corrected chi connectivity index (χ3v) is 2.67. The van der Waals surface area contributed by atoms with E-state index >= 15 is 0 Å². The topological polar surface area (TPSA) is 85.9 Å². The van der Waals surface area contributed by atoms with Crippen LogP contribution in [0, 0.1) is 10.1 Å². The van der Waals surface area contributed by atoms with Crippen LogP contribution in [0.2, 0.25) is 0 Å². The van der Waals surface area contributed by atoms with Gasteiger partial charge >= 0.3 is 0 Å². The number of hydrogen-bond acceptors (Lipinski definition) is 5. The van der Waals surface area contributed by atoms with Crippen molar-refractivity contribution in [2.45, 2.75) is 0 Å². The number of hydrogen-bond donors (Lipinski definition) is 1. The van der Waals surface area contributed by atoms with Gasteiger partial charge in [-0.3, -0.25) is 20.2 Å². The Kier molecular flexibility index (Phi) is 2.57. The predicted molar refractivity (Wildman–Crippen MR) is 69.6 cm³/mol. The number of rotatable bonds is 3. The Balaban J connectivity index is 2.12. The van der Waals surface area contributed by atoms with Crippen molar-refractivity contribution in [3.05, 3.63) is 59.2 Å². The molecule has 0 saturated heterocycles. The average Bonchev–Trinajstić information content (AvgIpc) is 2.91. The van der Waals surface area contributed by atoms with Crippen molar-refractivity contribution in [2.75, 3.05) is 5.43 Å². The number of nitro benzene ring substituents is 1. The van der Waals surface area contributed by atoms with Gasteiger partial charge in [-0.1, -0.05) is 0 Å². The molecular weight excluding hydrogens is 246 g/mol. The van der Waals surface area contributed by atoms with Gasteiger partial charge in [0.2, 0.25) is 0 Å². The summed E-state index contributed by atoms with van der Waals surface area (Å²) in [6.07, 6.45) is 5.04. The first kappa shape index (κ1) is 11.1. The van der Waals surface area contributed by atoms with E-state index in [1.54, 1.807) is 10.7 Å². The summed E-state index contributed by atoms with van der Waals surface area (Å²) in [7, 11) is 0. The van der Waals surface area contributed by atoms with Gasteiger partial charge in [-0.2, -0.15) is 0 Å². The maximum Gasteiger partial charge on any atom is 0.270 e. The minimum Gasteiger partial charge on any atom is -0.277 e. The number of benzene rings is 1. The molecule has 2 heterocycles. The molecule has 0 aliphatic carbocycles. The zero-order valence-electron chi connectivity index (χ0n) is 9.72.